The molecule has 4 nitrogen and oxygen atoms in total. The van der Waals surface area contributed by atoms with Crippen LogP contribution in [0.2, 0.25) is 0 Å². The van der Waals surface area contributed by atoms with Crippen LogP contribution in [0.1, 0.15) is 15.9 Å². The molecule has 0 bridgehead atoms. The molecule has 0 aliphatic carbocycles. The molecule has 122 valence electrons. The van der Waals surface area contributed by atoms with Crippen LogP contribution in [0.3, 0.4) is 0 Å². The smallest absolute Gasteiger partial charge is 0.254 e. The summed E-state index contributed by atoms with van der Waals surface area (Å²) in [4.78, 5) is 11.8. The second-order valence-corrected chi connectivity index (χ2v) is 7.14. The Morgan fingerprint density at radius 3 is 2.39 bits per heavy atom. The molecular weight excluding hydrogens is 324 g/mol. The molecular formula is C16H15F2NO3S. The van der Waals surface area contributed by atoms with E-state index in [1.54, 1.807) is 30.3 Å². The van der Waals surface area contributed by atoms with Gasteiger partial charge in [0, 0.05) is 12.6 Å². The summed E-state index contributed by atoms with van der Waals surface area (Å²) >= 11 is 0. The van der Waals surface area contributed by atoms with Crippen molar-refractivity contribution in [2.24, 2.45) is 0 Å². The predicted octanol–water partition coefficient (Wildman–Crippen LogP) is 2.31. The first-order valence-electron chi connectivity index (χ1n) is 6.85. The minimum Gasteiger partial charge on any atom is -0.351 e. The molecule has 0 aromatic heterocycles. The number of rotatable bonds is 6. The minimum absolute atomic E-state index is 0.130. The lowest BCUT2D eigenvalue weighted by molar-refractivity contribution is 0.0952. The van der Waals surface area contributed by atoms with Gasteiger partial charge in [0.1, 0.15) is 11.6 Å². The topological polar surface area (TPSA) is 63.2 Å². The fourth-order valence-corrected chi connectivity index (χ4v) is 3.25. The van der Waals surface area contributed by atoms with E-state index in [4.69, 9.17) is 0 Å². The monoisotopic (exact) mass is 339 g/mol. The van der Waals surface area contributed by atoms with Gasteiger partial charge in [-0.3, -0.25) is 4.79 Å². The fourth-order valence-electron chi connectivity index (χ4n) is 1.99. The Labute approximate surface area is 133 Å². The molecule has 0 saturated heterocycles. The van der Waals surface area contributed by atoms with E-state index in [1.165, 1.54) is 0 Å². The zero-order valence-electron chi connectivity index (χ0n) is 12.1. The average molecular weight is 339 g/mol. The van der Waals surface area contributed by atoms with E-state index in [2.05, 4.69) is 5.32 Å². The molecule has 0 saturated carbocycles. The standard InChI is InChI=1S/C16H15F2NO3S/c17-13-6-7-14(15(18)10-13)16(20)19-8-9-23(21,22)11-12-4-2-1-3-5-12/h1-7,10H,8-9,11H2,(H,19,20). The van der Waals surface area contributed by atoms with E-state index < -0.39 is 27.4 Å². The van der Waals surface area contributed by atoms with E-state index in [0.717, 1.165) is 12.1 Å². The average Bonchev–Trinajstić information content (AvgIpc) is 2.47. The van der Waals surface area contributed by atoms with Gasteiger partial charge in [0.2, 0.25) is 0 Å². The van der Waals surface area contributed by atoms with Crippen molar-refractivity contribution in [3.63, 3.8) is 0 Å². The van der Waals surface area contributed by atoms with Crippen LogP contribution in [0.15, 0.2) is 48.5 Å². The van der Waals surface area contributed by atoms with Crippen LogP contribution in [0.4, 0.5) is 8.78 Å². The Bertz CT molecular complexity index is 792. The number of nitrogens with one attached hydrogen (secondary N) is 1. The zero-order valence-corrected chi connectivity index (χ0v) is 12.9. The molecule has 0 fully saturated rings. The fraction of sp³-hybridized carbons (Fsp3) is 0.188. The molecule has 2 aromatic carbocycles. The largest absolute Gasteiger partial charge is 0.351 e. The van der Waals surface area contributed by atoms with E-state index in [9.17, 15) is 22.0 Å². The highest BCUT2D eigenvalue weighted by molar-refractivity contribution is 7.90. The van der Waals surface area contributed by atoms with Crippen LogP contribution in [0, 0.1) is 11.6 Å². The van der Waals surface area contributed by atoms with Crippen LogP contribution in [0.25, 0.3) is 0 Å². The number of carbonyl (C=O) groups is 1. The van der Waals surface area contributed by atoms with Crippen LogP contribution in [0.5, 0.6) is 0 Å². The zero-order chi connectivity index (χ0) is 16.9. The van der Waals surface area contributed by atoms with Gasteiger partial charge < -0.3 is 5.32 Å². The van der Waals surface area contributed by atoms with Gasteiger partial charge in [-0.05, 0) is 17.7 Å². The van der Waals surface area contributed by atoms with Crippen LogP contribution in [-0.2, 0) is 15.6 Å². The van der Waals surface area contributed by atoms with Crippen molar-refractivity contribution in [2.75, 3.05) is 12.3 Å². The Kier molecular flexibility index (Phi) is 5.44. The van der Waals surface area contributed by atoms with E-state index in [1.807, 2.05) is 0 Å². The van der Waals surface area contributed by atoms with Crippen LogP contribution < -0.4 is 5.32 Å². The Hall–Kier alpha value is -2.28. The third-order valence-electron chi connectivity index (χ3n) is 3.10. The quantitative estimate of drug-likeness (QED) is 0.878. The highest BCUT2D eigenvalue weighted by Crippen LogP contribution is 2.09. The Morgan fingerprint density at radius 1 is 1.04 bits per heavy atom. The molecule has 0 spiro atoms. The Morgan fingerprint density at radius 2 is 1.74 bits per heavy atom. The van der Waals surface area contributed by atoms with Crippen molar-refractivity contribution in [2.45, 2.75) is 5.75 Å². The van der Waals surface area contributed by atoms with Crippen molar-refractivity contribution in [1.29, 1.82) is 0 Å². The van der Waals surface area contributed by atoms with Gasteiger partial charge in [-0.25, -0.2) is 17.2 Å². The van der Waals surface area contributed by atoms with Gasteiger partial charge >= 0.3 is 0 Å². The molecule has 1 amide bonds. The maximum absolute atomic E-state index is 13.4. The molecule has 0 atom stereocenters. The van der Waals surface area contributed by atoms with Gasteiger partial charge in [-0.15, -0.1) is 0 Å². The number of carbonyl (C=O) groups excluding carboxylic acids is 1. The molecule has 23 heavy (non-hydrogen) atoms. The van der Waals surface area contributed by atoms with Crippen molar-refractivity contribution >= 4 is 15.7 Å². The Balaban J connectivity index is 1.90. The summed E-state index contributed by atoms with van der Waals surface area (Å²) in [7, 11) is -3.40. The van der Waals surface area contributed by atoms with Crippen molar-refractivity contribution in [3.05, 3.63) is 71.3 Å². The second-order valence-electron chi connectivity index (χ2n) is 4.96. The number of hydrogen-bond acceptors (Lipinski definition) is 3. The lowest BCUT2D eigenvalue weighted by Gasteiger charge is -2.07. The molecule has 0 unspecified atom stereocenters. The molecule has 2 rings (SSSR count). The highest BCUT2D eigenvalue weighted by Gasteiger charge is 2.15. The summed E-state index contributed by atoms with van der Waals surface area (Å²) < 4.78 is 50.1. The molecule has 0 aliphatic heterocycles. The third kappa shape index (κ3) is 5.14. The minimum atomic E-state index is -3.40. The maximum atomic E-state index is 13.4. The first-order valence-corrected chi connectivity index (χ1v) is 8.67. The van der Waals surface area contributed by atoms with Gasteiger partial charge in [0.25, 0.3) is 5.91 Å². The predicted molar refractivity (Wildman–Crippen MR) is 82.6 cm³/mol. The van der Waals surface area contributed by atoms with E-state index in [-0.39, 0.29) is 23.6 Å². The molecule has 1 N–H and O–H groups in total. The van der Waals surface area contributed by atoms with Crippen molar-refractivity contribution in [1.82, 2.24) is 5.32 Å². The van der Waals surface area contributed by atoms with Crippen LogP contribution >= 0.6 is 0 Å². The number of amides is 1. The maximum Gasteiger partial charge on any atom is 0.254 e. The van der Waals surface area contributed by atoms with Gasteiger partial charge in [-0.1, -0.05) is 30.3 Å². The lowest BCUT2D eigenvalue weighted by Crippen LogP contribution is -2.30. The summed E-state index contributed by atoms with van der Waals surface area (Å²) in [5, 5.41) is 2.32. The summed E-state index contributed by atoms with van der Waals surface area (Å²) in [5.74, 6) is -2.96. The number of sulfone groups is 1. The van der Waals surface area contributed by atoms with E-state index in [0.29, 0.717) is 11.6 Å². The second kappa shape index (κ2) is 7.32. The summed E-state index contributed by atoms with van der Waals surface area (Å²) in [6.45, 7) is -0.148. The third-order valence-corrected chi connectivity index (χ3v) is 4.70. The van der Waals surface area contributed by atoms with Crippen molar-refractivity contribution < 1.29 is 22.0 Å². The first kappa shape index (κ1) is 17.1. The van der Waals surface area contributed by atoms with Gasteiger partial charge in [0.15, 0.2) is 9.84 Å². The van der Waals surface area contributed by atoms with Crippen LogP contribution in [-0.4, -0.2) is 26.6 Å². The molecule has 7 heteroatoms. The van der Waals surface area contributed by atoms with Gasteiger partial charge in [-0.2, -0.15) is 0 Å². The lowest BCUT2D eigenvalue weighted by atomic mass is 10.2. The summed E-state index contributed by atoms with van der Waals surface area (Å²) in [6.07, 6.45) is 0. The number of benzene rings is 2. The normalized spacial score (nSPS) is 11.2. The number of hydrogen-bond donors (Lipinski definition) is 1. The summed E-state index contributed by atoms with van der Waals surface area (Å²) in [6, 6.07) is 11.2. The number of halogens is 2. The molecule has 0 aliphatic rings. The highest BCUT2D eigenvalue weighted by atomic mass is 32.2. The van der Waals surface area contributed by atoms with Gasteiger partial charge in [0.05, 0.1) is 17.1 Å². The SMILES string of the molecule is O=C(NCCS(=O)(=O)Cc1ccccc1)c1ccc(F)cc1F. The molecule has 0 heterocycles. The first-order chi connectivity index (χ1) is 10.9. The van der Waals surface area contributed by atoms with Crippen molar-refractivity contribution in [3.8, 4) is 0 Å². The molecule has 2 aromatic rings. The summed E-state index contributed by atoms with van der Waals surface area (Å²) in [5.41, 5.74) is 0.329. The molecule has 0 radical (unpaired) electrons. The van der Waals surface area contributed by atoms with E-state index >= 15 is 0 Å².